The summed E-state index contributed by atoms with van der Waals surface area (Å²) in [5, 5.41) is 6.08. The molecule has 2 rings (SSSR count). The second-order valence-electron chi connectivity index (χ2n) is 5.35. The largest absolute Gasteiger partial charge is 0.366 e. The molecule has 1 amide bonds. The first-order valence-corrected chi connectivity index (χ1v) is 7.51. The molecule has 1 aromatic heterocycles. The summed E-state index contributed by atoms with van der Waals surface area (Å²) in [6.07, 6.45) is 4.09. The van der Waals surface area contributed by atoms with Gasteiger partial charge in [-0.3, -0.25) is 4.79 Å². The smallest absolute Gasteiger partial charge is 0.271 e. The van der Waals surface area contributed by atoms with Crippen molar-refractivity contribution in [1.29, 1.82) is 0 Å². The number of nitrogens with zero attached hydrogens (tertiary/aromatic N) is 2. The van der Waals surface area contributed by atoms with Gasteiger partial charge in [0.1, 0.15) is 11.5 Å². The first-order valence-electron chi connectivity index (χ1n) is 7.51. The zero-order valence-corrected chi connectivity index (χ0v) is 13.3. The number of aryl methyl sites for hydroxylation is 1. The van der Waals surface area contributed by atoms with Crippen LogP contribution in [0, 0.1) is 6.92 Å². The highest BCUT2D eigenvalue weighted by molar-refractivity contribution is 5.91. The molecular formula is C17H22N4O. The fourth-order valence-corrected chi connectivity index (χ4v) is 1.95. The van der Waals surface area contributed by atoms with Crippen LogP contribution in [0.3, 0.4) is 0 Å². The lowest BCUT2D eigenvalue weighted by Gasteiger charge is -2.11. The first-order chi connectivity index (χ1) is 10.6. The van der Waals surface area contributed by atoms with E-state index in [1.165, 1.54) is 6.20 Å². The van der Waals surface area contributed by atoms with Gasteiger partial charge in [0, 0.05) is 12.6 Å². The van der Waals surface area contributed by atoms with Crippen LogP contribution in [0.2, 0.25) is 0 Å². The summed E-state index contributed by atoms with van der Waals surface area (Å²) in [4.78, 5) is 20.5. The maximum absolute atomic E-state index is 12.1. The zero-order valence-electron chi connectivity index (χ0n) is 13.3. The van der Waals surface area contributed by atoms with Crippen LogP contribution in [0.15, 0.2) is 36.7 Å². The molecule has 0 aliphatic rings. The van der Waals surface area contributed by atoms with Crippen LogP contribution in [0.25, 0.3) is 0 Å². The number of carbonyl (C=O) groups is 1. The summed E-state index contributed by atoms with van der Waals surface area (Å²) in [5.41, 5.74) is 2.57. The Morgan fingerprint density at radius 3 is 2.64 bits per heavy atom. The number of aromatic nitrogens is 2. The summed E-state index contributed by atoms with van der Waals surface area (Å²) in [6, 6.07) is 8.30. The lowest BCUT2D eigenvalue weighted by Crippen LogP contribution is -2.24. The average molecular weight is 298 g/mol. The molecule has 2 N–H and O–H groups in total. The molecule has 0 saturated carbocycles. The van der Waals surface area contributed by atoms with Crippen molar-refractivity contribution in [2.45, 2.75) is 39.8 Å². The quantitative estimate of drug-likeness (QED) is 0.860. The van der Waals surface area contributed by atoms with E-state index in [1.807, 2.05) is 31.2 Å². The highest BCUT2D eigenvalue weighted by atomic mass is 16.1. The van der Waals surface area contributed by atoms with Crippen molar-refractivity contribution in [3.63, 3.8) is 0 Å². The van der Waals surface area contributed by atoms with Gasteiger partial charge in [0.25, 0.3) is 5.91 Å². The van der Waals surface area contributed by atoms with Gasteiger partial charge in [0.15, 0.2) is 0 Å². The van der Waals surface area contributed by atoms with E-state index in [2.05, 4.69) is 34.4 Å². The predicted molar refractivity (Wildman–Crippen MR) is 87.8 cm³/mol. The molecule has 0 fully saturated rings. The van der Waals surface area contributed by atoms with E-state index in [-0.39, 0.29) is 5.91 Å². The molecule has 22 heavy (non-hydrogen) atoms. The standard InChI is InChI=1S/C17H22N4O/c1-4-13(3)21-16-11-18-15(10-19-16)17(22)20-9-14-8-6-5-7-12(14)2/h5-8,10-11,13H,4,9H2,1-3H3,(H,19,21)(H,20,22). The number of rotatable bonds is 6. The highest BCUT2D eigenvalue weighted by Crippen LogP contribution is 2.07. The van der Waals surface area contributed by atoms with Crippen molar-refractivity contribution in [3.05, 3.63) is 53.5 Å². The first kappa shape index (κ1) is 15.9. The van der Waals surface area contributed by atoms with E-state index in [1.54, 1.807) is 6.20 Å². The van der Waals surface area contributed by atoms with Crippen LogP contribution in [-0.2, 0) is 6.54 Å². The Balaban J connectivity index is 1.94. The van der Waals surface area contributed by atoms with E-state index in [0.29, 0.717) is 24.1 Å². The van der Waals surface area contributed by atoms with Crippen molar-refractivity contribution in [2.24, 2.45) is 0 Å². The Morgan fingerprint density at radius 1 is 1.23 bits per heavy atom. The van der Waals surface area contributed by atoms with Gasteiger partial charge in [-0.15, -0.1) is 0 Å². The van der Waals surface area contributed by atoms with Crippen molar-refractivity contribution in [2.75, 3.05) is 5.32 Å². The van der Waals surface area contributed by atoms with Gasteiger partial charge in [0.05, 0.1) is 12.4 Å². The minimum absolute atomic E-state index is 0.217. The fourth-order valence-electron chi connectivity index (χ4n) is 1.95. The molecule has 1 unspecified atom stereocenters. The Bertz CT molecular complexity index is 625. The highest BCUT2D eigenvalue weighted by Gasteiger charge is 2.09. The topological polar surface area (TPSA) is 66.9 Å². The molecule has 0 bridgehead atoms. The second kappa shape index (κ2) is 7.54. The van der Waals surface area contributed by atoms with Crippen LogP contribution in [0.4, 0.5) is 5.82 Å². The summed E-state index contributed by atoms with van der Waals surface area (Å²) in [7, 11) is 0. The van der Waals surface area contributed by atoms with E-state index >= 15 is 0 Å². The van der Waals surface area contributed by atoms with E-state index in [9.17, 15) is 4.79 Å². The Labute approximate surface area is 131 Å². The number of anilines is 1. The average Bonchev–Trinajstić information content (AvgIpc) is 2.54. The van der Waals surface area contributed by atoms with Crippen LogP contribution in [0.1, 0.15) is 41.9 Å². The minimum atomic E-state index is -0.217. The molecule has 5 nitrogen and oxygen atoms in total. The molecule has 5 heteroatoms. The van der Waals surface area contributed by atoms with Crippen molar-refractivity contribution in [1.82, 2.24) is 15.3 Å². The lowest BCUT2D eigenvalue weighted by atomic mass is 10.1. The van der Waals surface area contributed by atoms with Gasteiger partial charge in [-0.25, -0.2) is 9.97 Å². The second-order valence-corrected chi connectivity index (χ2v) is 5.35. The molecule has 1 aromatic carbocycles. The summed E-state index contributed by atoms with van der Waals surface area (Å²) in [5.74, 6) is 0.468. The number of amides is 1. The lowest BCUT2D eigenvalue weighted by molar-refractivity contribution is 0.0945. The van der Waals surface area contributed by atoms with Crippen LogP contribution in [0.5, 0.6) is 0 Å². The molecule has 2 aromatic rings. The fraction of sp³-hybridized carbons (Fsp3) is 0.353. The van der Waals surface area contributed by atoms with Gasteiger partial charge in [0.2, 0.25) is 0 Å². The van der Waals surface area contributed by atoms with E-state index in [4.69, 9.17) is 0 Å². The third-order valence-corrected chi connectivity index (χ3v) is 3.59. The maximum atomic E-state index is 12.1. The number of hydrogen-bond donors (Lipinski definition) is 2. The van der Waals surface area contributed by atoms with Gasteiger partial charge >= 0.3 is 0 Å². The Hall–Kier alpha value is -2.43. The number of hydrogen-bond acceptors (Lipinski definition) is 4. The van der Waals surface area contributed by atoms with Gasteiger partial charge < -0.3 is 10.6 Å². The number of carbonyl (C=O) groups excluding carboxylic acids is 1. The predicted octanol–water partition coefficient (Wildman–Crippen LogP) is 2.93. The summed E-state index contributed by atoms with van der Waals surface area (Å²) < 4.78 is 0. The van der Waals surface area contributed by atoms with Crippen LogP contribution >= 0.6 is 0 Å². The number of nitrogens with one attached hydrogen (secondary N) is 2. The van der Waals surface area contributed by atoms with Gasteiger partial charge in [-0.2, -0.15) is 0 Å². The normalized spacial score (nSPS) is 11.8. The molecule has 0 aliphatic carbocycles. The van der Waals surface area contributed by atoms with Crippen LogP contribution < -0.4 is 10.6 Å². The van der Waals surface area contributed by atoms with Crippen molar-refractivity contribution < 1.29 is 4.79 Å². The molecule has 0 saturated heterocycles. The number of benzene rings is 1. The molecule has 0 aliphatic heterocycles. The van der Waals surface area contributed by atoms with Crippen LogP contribution in [-0.4, -0.2) is 21.9 Å². The summed E-state index contributed by atoms with van der Waals surface area (Å²) >= 11 is 0. The monoisotopic (exact) mass is 298 g/mol. The molecule has 1 atom stereocenters. The van der Waals surface area contributed by atoms with E-state index in [0.717, 1.165) is 17.5 Å². The third-order valence-electron chi connectivity index (χ3n) is 3.59. The Kier molecular flexibility index (Phi) is 5.47. The van der Waals surface area contributed by atoms with Crippen molar-refractivity contribution in [3.8, 4) is 0 Å². The zero-order chi connectivity index (χ0) is 15.9. The SMILES string of the molecule is CCC(C)Nc1cnc(C(=O)NCc2ccccc2C)cn1. The molecular weight excluding hydrogens is 276 g/mol. The molecule has 1 heterocycles. The minimum Gasteiger partial charge on any atom is -0.366 e. The van der Waals surface area contributed by atoms with E-state index < -0.39 is 0 Å². The van der Waals surface area contributed by atoms with Gasteiger partial charge in [-0.05, 0) is 31.4 Å². The molecule has 0 spiro atoms. The summed E-state index contributed by atoms with van der Waals surface area (Å²) in [6.45, 7) is 6.68. The molecule has 0 radical (unpaired) electrons. The van der Waals surface area contributed by atoms with Crippen molar-refractivity contribution >= 4 is 11.7 Å². The molecule has 116 valence electrons. The third kappa shape index (κ3) is 4.28. The van der Waals surface area contributed by atoms with Gasteiger partial charge in [-0.1, -0.05) is 31.2 Å². The maximum Gasteiger partial charge on any atom is 0.271 e. The Morgan fingerprint density at radius 2 is 2.00 bits per heavy atom.